The topological polar surface area (TPSA) is 20.2 Å². The molecule has 5 heteroatoms. The Labute approximate surface area is 120 Å². The van der Waals surface area contributed by atoms with Crippen molar-refractivity contribution in [2.24, 2.45) is 0 Å². The molecule has 0 bridgehead atoms. The van der Waals surface area contributed by atoms with Gasteiger partial charge in [0.15, 0.2) is 0 Å². The van der Waals surface area contributed by atoms with Gasteiger partial charge in [-0.2, -0.15) is 0 Å². The summed E-state index contributed by atoms with van der Waals surface area (Å²) in [5, 5.41) is 10.1. The highest BCUT2D eigenvalue weighted by molar-refractivity contribution is 9.10. The summed E-state index contributed by atoms with van der Waals surface area (Å²) >= 11 is 6.17. The monoisotopic (exact) mass is 376 g/mol. The Morgan fingerprint density at radius 2 is 1.67 bits per heavy atom. The Kier molecular flexibility index (Phi) is 4.14. The molecule has 2 aromatic carbocycles. The minimum atomic E-state index is -1.13. The van der Waals surface area contributed by atoms with Crippen molar-refractivity contribution in [1.82, 2.24) is 0 Å². The lowest BCUT2D eigenvalue weighted by Crippen LogP contribution is -2.03. The maximum atomic E-state index is 13.7. The second-order valence-corrected chi connectivity index (χ2v) is 5.51. The minimum absolute atomic E-state index is 0.150. The van der Waals surface area contributed by atoms with Crippen molar-refractivity contribution in [3.05, 3.63) is 68.1 Å². The zero-order chi connectivity index (χ0) is 13.3. The molecule has 1 N–H and O–H groups in total. The zero-order valence-electron chi connectivity index (χ0n) is 9.00. The van der Waals surface area contributed by atoms with E-state index in [1.807, 2.05) is 0 Å². The molecule has 0 aliphatic rings. The fraction of sp³-hybridized carbons (Fsp3) is 0.0769. The quantitative estimate of drug-likeness (QED) is 0.812. The first-order valence-electron chi connectivity index (χ1n) is 5.07. The molecular weight excluding hydrogens is 370 g/mol. The summed E-state index contributed by atoms with van der Waals surface area (Å²) in [6, 6.07) is 8.48. The molecule has 0 amide bonds. The Balaban J connectivity index is 2.41. The van der Waals surface area contributed by atoms with Crippen LogP contribution in [0.2, 0.25) is 0 Å². The molecule has 0 aromatic heterocycles. The van der Waals surface area contributed by atoms with E-state index in [4.69, 9.17) is 0 Å². The zero-order valence-corrected chi connectivity index (χ0v) is 12.2. The fourth-order valence-corrected chi connectivity index (χ4v) is 2.31. The van der Waals surface area contributed by atoms with E-state index >= 15 is 0 Å². The average molecular weight is 378 g/mol. The number of halogens is 4. The van der Waals surface area contributed by atoms with Crippen LogP contribution in [0.4, 0.5) is 8.78 Å². The molecule has 0 aliphatic heterocycles. The largest absolute Gasteiger partial charge is 0.384 e. The summed E-state index contributed by atoms with van der Waals surface area (Å²) in [6.07, 6.45) is -1.13. The number of aliphatic hydroxyl groups is 1. The molecule has 18 heavy (non-hydrogen) atoms. The number of aliphatic hydroxyl groups excluding tert-OH is 1. The van der Waals surface area contributed by atoms with Crippen molar-refractivity contribution in [3.63, 3.8) is 0 Å². The lowest BCUT2D eigenvalue weighted by atomic mass is 10.0. The van der Waals surface area contributed by atoms with E-state index in [9.17, 15) is 13.9 Å². The van der Waals surface area contributed by atoms with Gasteiger partial charge in [0, 0.05) is 10.0 Å². The van der Waals surface area contributed by atoms with Gasteiger partial charge in [-0.25, -0.2) is 8.78 Å². The van der Waals surface area contributed by atoms with Crippen molar-refractivity contribution < 1.29 is 13.9 Å². The average Bonchev–Trinajstić information content (AvgIpc) is 2.32. The molecule has 1 atom stereocenters. The van der Waals surface area contributed by atoms with E-state index in [0.29, 0.717) is 10.0 Å². The maximum absolute atomic E-state index is 13.7. The third kappa shape index (κ3) is 2.79. The standard InChI is InChI=1S/C13H8Br2F2O/c14-8-2-3-9(12(17)6-8)13(18)7-1-4-11(16)10(15)5-7/h1-6,13,18H. The lowest BCUT2D eigenvalue weighted by molar-refractivity contribution is 0.214. The minimum Gasteiger partial charge on any atom is -0.384 e. The molecular formula is C13H8Br2F2O. The molecule has 0 radical (unpaired) electrons. The second-order valence-electron chi connectivity index (χ2n) is 3.74. The fourth-order valence-electron chi connectivity index (χ4n) is 1.59. The molecule has 1 nitrogen and oxygen atoms in total. The predicted octanol–water partition coefficient (Wildman–Crippen LogP) is 4.57. The van der Waals surface area contributed by atoms with Crippen LogP contribution in [0.15, 0.2) is 45.3 Å². The number of benzene rings is 2. The van der Waals surface area contributed by atoms with Crippen molar-refractivity contribution in [1.29, 1.82) is 0 Å². The van der Waals surface area contributed by atoms with Crippen LogP contribution in [0.25, 0.3) is 0 Å². The molecule has 0 spiro atoms. The van der Waals surface area contributed by atoms with Crippen LogP contribution in [-0.2, 0) is 0 Å². The van der Waals surface area contributed by atoms with Crippen LogP contribution >= 0.6 is 31.9 Å². The molecule has 94 valence electrons. The van der Waals surface area contributed by atoms with Gasteiger partial charge in [-0.15, -0.1) is 0 Å². The van der Waals surface area contributed by atoms with E-state index in [1.165, 1.54) is 30.3 Å². The molecule has 0 heterocycles. The molecule has 0 saturated carbocycles. The van der Waals surface area contributed by atoms with Crippen LogP contribution in [0.1, 0.15) is 17.2 Å². The van der Waals surface area contributed by atoms with Crippen LogP contribution < -0.4 is 0 Å². The third-order valence-electron chi connectivity index (χ3n) is 2.52. The number of hydrogen-bond donors (Lipinski definition) is 1. The SMILES string of the molecule is OC(c1ccc(F)c(Br)c1)c1ccc(Br)cc1F. The van der Waals surface area contributed by atoms with Gasteiger partial charge >= 0.3 is 0 Å². The van der Waals surface area contributed by atoms with Crippen molar-refractivity contribution >= 4 is 31.9 Å². The number of hydrogen-bond acceptors (Lipinski definition) is 1. The van der Waals surface area contributed by atoms with Gasteiger partial charge in [0.25, 0.3) is 0 Å². The van der Waals surface area contributed by atoms with Crippen LogP contribution in [0, 0.1) is 11.6 Å². The van der Waals surface area contributed by atoms with Crippen molar-refractivity contribution in [2.45, 2.75) is 6.10 Å². The highest BCUT2D eigenvalue weighted by Gasteiger charge is 2.16. The first-order chi connectivity index (χ1) is 8.49. The summed E-state index contributed by atoms with van der Waals surface area (Å²) in [5.41, 5.74) is 0.571. The van der Waals surface area contributed by atoms with E-state index in [2.05, 4.69) is 31.9 Å². The van der Waals surface area contributed by atoms with Crippen LogP contribution in [0.3, 0.4) is 0 Å². The lowest BCUT2D eigenvalue weighted by Gasteiger charge is -2.13. The van der Waals surface area contributed by atoms with Gasteiger partial charge in [-0.3, -0.25) is 0 Å². The normalized spacial score (nSPS) is 12.5. The Bertz CT molecular complexity index is 587. The summed E-state index contributed by atoms with van der Waals surface area (Å²) in [6.45, 7) is 0. The van der Waals surface area contributed by atoms with Gasteiger partial charge in [-0.1, -0.05) is 28.1 Å². The van der Waals surface area contributed by atoms with Gasteiger partial charge in [0.1, 0.15) is 17.7 Å². The Morgan fingerprint density at radius 3 is 2.28 bits per heavy atom. The van der Waals surface area contributed by atoms with E-state index < -0.39 is 17.7 Å². The summed E-state index contributed by atoms with van der Waals surface area (Å²) < 4.78 is 27.6. The molecule has 1 unspecified atom stereocenters. The van der Waals surface area contributed by atoms with Gasteiger partial charge in [-0.05, 0) is 45.8 Å². The van der Waals surface area contributed by atoms with Crippen molar-refractivity contribution in [3.8, 4) is 0 Å². The first-order valence-corrected chi connectivity index (χ1v) is 6.65. The second kappa shape index (κ2) is 5.47. The van der Waals surface area contributed by atoms with Crippen LogP contribution in [-0.4, -0.2) is 5.11 Å². The predicted molar refractivity (Wildman–Crippen MR) is 72.3 cm³/mol. The number of rotatable bonds is 2. The van der Waals surface area contributed by atoms with Gasteiger partial charge < -0.3 is 5.11 Å². The van der Waals surface area contributed by atoms with E-state index in [-0.39, 0.29) is 10.0 Å². The summed E-state index contributed by atoms with van der Waals surface area (Å²) in [7, 11) is 0. The third-order valence-corrected chi connectivity index (χ3v) is 3.62. The molecule has 0 saturated heterocycles. The molecule has 0 fully saturated rings. The van der Waals surface area contributed by atoms with Crippen LogP contribution in [0.5, 0.6) is 0 Å². The first kappa shape index (κ1) is 13.6. The van der Waals surface area contributed by atoms with E-state index in [1.54, 1.807) is 6.07 Å². The Hall–Kier alpha value is -0.780. The smallest absolute Gasteiger partial charge is 0.137 e. The highest BCUT2D eigenvalue weighted by atomic mass is 79.9. The summed E-state index contributed by atoms with van der Waals surface area (Å²) in [4.78, 5) is 0. The molecule has 2 aromatic rings. The highest BCUT2D eigenvalue weighted by Crippen LogP contribution is 2.28. The Morgan fingerprint density at radius 1 is 0.944 bits per heavy atom. The maximum Gasteiger partial charge on any atom is 0.137 e. The van der Waals surface area contributed by atoms with Gasteiger partial charge in [0.2, 0.25) is 0 Å². The van der Waals surface area contributed by atoms with Gasteiger partial charge in [0.05, 0.1) is 4.47 Å². The van der Waals surface area contributed by atoms with Crippen molar-refractivity contribution in [2.75, 3.05) is 0 Å². The molecule has 0 aliphatic carbocycles. The van der Waals surface area contributed by atoms with E-state index in [0.717, 1.165) is 0 Å². The summed E-state index contributed by atoms with van der Waals surface area (Å²) in [5.74, 6) is -0.945. The molecule has 2 rings (SSSR count).